The van der Waals surface area contributed by atoms with Crippen molar-refractivity contribution in [2.24, 2.45) is 0 Å². The van der Waals surface area contributed by atoms with Crippen LogP contribution < -0.4 is 5.32 Å². The normalized spacial score (nSPS) is 14.4. The van der Waals surface area contributed by atoms with Gasteiger partial charge in [-0.2, -0.15) is 0 Å². The summed E-state index contributed by atoms with van der Waals surface area (Å²) in [4.78, 5) is 20.1. The number of thiophene rings is 1. The number of rotatable bonds is 9. The fraction of sp³-hybridized carbons (Fsp3) is 0.304. The van der Waals surface area contributed by atoms with E-state index in [9.17, 15) is 4.79 Å². The maximum Gasteiger partial charge on any atom is 0.273 e. The predicted octanol–water partition coefficient (Wildman–Crippen LogP) is 3.34. The molecule has 5 rings (SSSR count). The van der Waals surface area contributed by atoms with E-state index in [0.717, 1.165) is 54.4 Å². The number of carbonyl (C=O) groups is 1. The van der Waals surface area contributed by atoms with Crippen LogP contribution in [0.2, 0.25) is 0 Å². The average Bonchev–Trinajstić information content (AvgIpc) is 3.65. The maximum atomic E-state index is 12.4. The largest absolute Gasteiger partial charge is 0.447 e. The molecule has 1 saturated heterocycles. The van der Waals surface area contributed by atoms with Crippen LogP contribution in [0.15, 0.2) is 63.7 Å². The first-order valence-corrected chi connectivity index (χ1v) is 12.8. The van der Waals surface area contributed by atoms with Crippen molar-refractivity contribution in [2.45, 2.75) is 10.9 Å². The van der Waals surface area contributed by atoms with Crippen molar-refractivity contribution in [3.8, 4) is 16.4 Å². The quantitative estimate of drug-likeness (QED) is 0.353. The third-order valence-corrected chi connectivity index (χ3v) is 7.10. The molecule has 11 heteroatoms. The molecule has 9 nitrogen and oxygen atoms in total. The lowest BCUT2D eigenvalue weighted by Gasteiger charge is -2.26. The number of carbonyl (C=O) groups excluding carboxylic acids is 1. The van der Waals surface area contributed by atoms with Crippen LogP contribution >= 0.6 is 23.1 Å². The molecule has 0 spiro atoms. The van der Waals surface area contributed by atoms with Crippen molar-refractivity contribution in [1.82, 2.24) is 30.0 Å². The SMILES string of the molecule is O=C(NCCN1CCOCC1)c1coc(CSc2nnc(-c3cccs3)n2-c2ccccc2)n1. The van der Waals surface area contributed by atoms with Gasteiger partial charge in [0.05, 0.1) is 23.8 Å². The lowest BCUT2D eigenvalue weighted by molar-refractivity contribution is 0.0383. The lowest BCUT2D eigenvalue weighted by Crippen LogP contribution is -2.41. The van der Waals surface area contributed by atoms with Crippen LogP contribution in [0.1, 0.15) is 16.4 Å². The Morgan fingerprint density at radius 1 is 1.12 bits per heavy atom. The smallest absolute Gasteiger partial charge is 0.273 e. The highest BCUT2D eigenvalue weighted by molar-refractivity contribution is 7.98. The Morgan fingerprint density at radius 3 is 2.76 bits per heavy atom. The molecular formula is C23H24N6O3S2. The summed E-state index contributed by atoms with van der Waals surface area (Å²) in [7, 11) is 0. The van der Waals surface area contributed by atoms with Crippen LogP contribution in [0, 0.1) is 0 Å². The van der Waals surface area contributed by atoms with E-state index in [1.807, 2.05) is 52.4 Å². The van der Waals surface area contributed by atoms with Crippen molar-refractivity contribution in [3.63, 3.8) is 0 Å². The summed E-state index contributed by atoms with van der Waals surface area (Å²) < 4.78 is 12.9. The number of amides is 1. The number of morpholine rings is 1. The Labute approximate surface area is 205 Å². The topological polar surface area (TPSA) is 98.3 Å². The summed E-state index contributed by atoms with van der Waals surface area (Å²) in [5.74, 6) is 1.44. The van der Waals surface area contributed by atoms with Gasteiger partial charge in [-0.1, -0.05) is 36.0 Å². The molecule has 1 N–H and O–H groups in total. The van der Waals surface area contributed by atoms with E-state index in [-0.39, 0.29) is 11.6 Å². The second-order valence-corrected chi connectivity index (χ2v) is 9.47. The van der Waals surface area contributed by atoms with Crippen LogP contribution in [0.25, 0.3) is 16.4 Å². The number of para-hydroxylation sites is 1. The van der Waals surface area contributed by atoms with Crippen LogP contribution in [0.5, 0.6) is 0 Å². The number of hydrogen-bond acceptors (Lipinski definition) is 9. The molecule has 1 aromatic carbocycles. The highest BCUT2D eigenvalue weighted by atomic mass is 32.2. The molecule has 0 unspecified atom stereocenters. The van der Waals surface area contributed by atoms with Crippen LogP contribution in [0.4, 0.5) is 0 Å². The molecule has 3 aromatic heterocycles. The van der Waals surface area contributed by atoms with Crippen molar-refractivity contribution in [1.29, 1.82) is 0 Å². The summed E-state index contributed by atoms with van der Waals surface area (Å²) >= 11 is 3.08. The Balaban J connectivity index is 1.22. The maximum absolute atomic E-state index is 12.4. The zero-order chi connectivity index (χ0) is 23.2. The number of nitrogens with one attached hydrogen (secondary N) is 1. The zero-order valence-corrected chi connectivity index (χ0v) is 20.1. The van der Waals surface area contributed by atoms with Gasteiger partial charge < -0.3 is 14.5 Å². The molecule has 34 heavy (non-hydrogen) atoms. The summed E-state index contributed by atoms with van der Waals surface area (Å²) in [6, 6.07) is 14.0. The van der Waals surface area contributed by atoms with Gasteiger partial charge in [0.25, 0.3) is 5.91 Å². The molecule has 0 radical (unpaired) electrons. The van der Waals surface area contributed by atoms with E-state index in [0.29, 0.717) is 18.2 Å². The van der Waals surface area contributed by atoms with Crippen molar-refractivity contribution in [3.05, 3.63) is 65.7 Å². The van der Waals surface area contributed by atoms with Gasteiger partial charge in [0.15, 0.2) is 16.7 Å². The van der Waals surface area contributed by atoms with Gasteiger partial charge in [0.2, 0.25) is 5.89 Å². The summed E-state index contributed by atoms with van der Waals surface area (Å²) in [6.07, 6.45) is 1.40. The fourth-order valence-corrected chi connectivity index (χ4v) is 5.09. The third-order valence-electron chi connectivity index (χ3n) is 5.32. The van der Waals surface area contributed by atoms with Gasteiger partial charge >= 0.3 is 0 Å². The van der Waals surface area contributed by atoms with Gasteiger partial charge in [-0.15, -0.1) is 21.5 Å². The number of hydrogen-bond donors (Lipinski definition) is 1. The Hall–Kier alpha value is -2.99. The molecule has 4 heterocycles. The number of aromatic nitrogens is 4. The lowest BCUT2D eigenvalue weighted by atomic mass is 10.3. The molecular weight excluding hydrogens is 472 g/mol. The van der Waals surface area contributed by atoms with E-state index in [2.05, 4.69) is 25.4 Å². The van der Waals surface area contributed by atoms with Crippen LogP contribution in [0.3, 0.4) is 0 Å². The van der Waals surface area contributed by atoms with Gasteiger partial charge in [0, 0.05) is 31.9 Å². The molecule has 1 amide bonds. The first kappa shape index (κ1) is 22.8. The molecule has 4 aromatic rings. The highest BCUT2D eigenvalue weighted by Gasteiger charge is 2.19. The second kappa shape index (κ2) is 11.0. The Kier molecular flexibility index (Phi) is 7.34. The van der Waals surface area contributed by atoms with E-state index in [1.54, 1.807) is 11.3 Å². The van der Waals surface area contributed by atoms with Gasteiger partial charge in [-0.25, -0.2) is 4.98 Å². The summed E-state index contributed by atoms with van der Waals surface area (Å²) in [5, 5.41) is 14.5. The molecule has 1 aliphatic rings. The molecule has 0 bridgehead atoms. The molecule has 0 saturated carbocycles. The van der Waals surface area contributed by atoms with E-state index in [1.165, 1.54) is 18.0 Å². The number of thioether (sulfide) groups is 1. The number of benzene rings is 1. The molecule has 176 valence electrons. The van der Waals surface area contributed by atoms with E-state index < -0.39 is 0 Å². The Bertz CT molecular complexity index is 1200. The Morgan fingerprint density at radius 2 is 1.97 bits per heavy atom. The summed E-state index contributed by atoms with van der Waals surface area (Å²) in [5.41, 5.74) is 1.26. The monoisotopic (exact) mass is 496 g/mol. The van der Waals surface area contributed by atoms with Crippen molar-refractivity contribution < 1.29 is 13.9 Å². The van der Waals surface area contributed by atoms with E-state index >= 15 is 0 Å². The number of oxazole rings is 1. The minimum absolute atomic E-state index is 0.235. The third kappa shape index (κ3) is 5.39. The van der Waals surface area contributed by atoms with E-state index in [4.69, 9.17) is 9.15 Å². The van der Waals surface area contributed by atoms with Crippen LogP contribution in [-0.2, 0) is 10.5 Å². The molecule has 1 aliphatic heterocycles. The van der Waals surface area contributed by atoms with Crippen molar-refractivity contribution >= 4 is 29.0 Å². The fourth-order valence-electron chi connectivity index (χ4n) is 3.59. The first-order valence-electron chi connectivity index (χ1n) is 11.0. The average molecular weight is 497 g/mol. The minimum atomic E-state index is -0.235. The molecule has 0 aliphatic carbocycles. The minimum Gasteiger partial charge on any atom is -0.447 e. The number of nitrogens with zero attached hydrogens (tertiary/aromatic N) is 5. The molecule has 0 atom stereocenters. The summed E-state index contributed by atoms with van der Waals surface area (Å²) in [6.45, 7) is 4.61. The van der Waals surface area contributed by atoms with Crippen LogP contribution in [-0.4, -0.2) is 69.9 Å². The zero-order valence-electron chi connectivity index (χ0n) is 18.4. The van der Waals surface area contributed by atoms with Gasteiger partial charge in [-0.3, -0.25) is 14.3 Å². The van der Waals surface area contributed by atoms with Gasteiger partial charge in [0.1, 0.15) is 6.26 Å². The second-order valence-electron chi connectivity index (χ2n) is 7.58. The first-order chi connectivity index (χ1) is 16.8. The van der Waals surface area contributed by atoms with Crippen molar-refractivity contribution in [2.75, 3.05) is 39.4 Å². The molecule has 1 fully saturated rings. The highest BCUT2D eigenvalue weighted by Crippen LogP contribution is 2.31. The standard InChI is InChI=1S/C23H24N6O3S2/c30-22(24-8-9-28-10-12-31-13-11-28)18-15-32-20(25-18)16-34-23-27-26-21(19-7-4-14-33-19)29(23)17-5-2-1-3-6-17/h1-7,14-15H,8-13,16H2,(H,24,30). The predicted molar refractivity (Wildman–Crippen MR) is 130 cm³/mol. The van der Waals surface area contributed by atoms with Gasteiger partial charge in [-0.05, 0) is 23.6 Å². The number of ether oxygens (including phenoxy) is 1.